The molecule has 7 nitrogen and oxygen atoms in total. The standard InChI is InChI=1S/C26H26N4O3S/c1-19-6-7-20(2)25(14-19)34(32,33)29-24-10-8-23(9-11-24)26(31)28-16-21-4-3-5-22(15-21)17-30-13-12-27-18-30/h3-15,18,29H,16-17H2,1-2H3,(H,28,31). The van der Waals surface area contributed by atoms with Crippen LogP contribution in [0.1, 0.15) is 32.6 Å². The van der Waals surface area contributed by atoms with Crippen LogP contribution in [0, 0.1) is 13.8 Å². The molecule has 0 unspecified atom stereocenters. The van der Waals surface area contributed by atoms with Gasteiger partial charge in [-0.25, -0.2) is 13.4 Å². The largest absolute Gasteiger partial charge is 0.348 e. The van der Waals surface area contributed by atoms with Crippen LogP contribution in [-0.2, 0) is 23.1 Å². The van der Waals surface area contributed by atoms with Crippen molar-refractivity contribution in [1.82, 2.24) is 14.9 Å². The number of nitrogens with one attached hydrogen (secondary N) is 2. The molecule has 0 aliphatic heterocycles. The van der Waals surface area contributed by atoms with Gasteiger partial charge in [0.1, 0.15) is 0 Å². The van der Waals surface area contributed by atoms with E-state index >= 15 is 0 Å². The summed E-state index contributed by atoms with van der Waals surface area (Å²) >= 11 is 0. The summed E-state index contributed by atoms with van der Waals surface area (Å²) < 4.78 is 30.1. The van der Waals surface area contributed by atoms with E-state index in [2.05, 4.69) is 15.0 Å². The molecule has 4 rings (SSSR count). The first kappa shape index (κ1) is 23.3. The van der Waals surface area contributed by atoms with E-state index < -0.39 is 10.0 Å². The monoisotopic (exact) mass is 474 g/mol. The second kappa shape index (κ2) is 9.93. The molecule has 0 saturated heterocycles. The van der Waals surface area contributed by atoms with E-state index in [1.807, 2.05) is 48.0 Å². The van der Waals surface area contributed by atoms with Crippen molar-refractivity contribution < 1.29 is 13.2 Å². The molecule has 0 radical (unpaired) electrons. The van der Waals surface area contributed by atoms with Crippen molar-refractivity contribution in [2.75, 3.05) is 4.72 Å². The molecule has 34 heavy (non-hydrogen) atoms. The molecule has 0 aliphatic carbocycles. The topological polar surface area (TPSA) is 93.1 Å². The lowest BCUT2D eigenvalue weighted by Crippen LogP contribution is -2.23. The van der Waals surface area contributed by atoms with E-state index in [9.17, 15) is 13.2 Å². The smallest absolute Gasteiger partial charge is 0.262 e. The van der Waals surface area contributed by atoms with Gasteiger partial charge in [0.2, 0.25) is 0 Å². The first-order valence-electron chi connectivity index (χ1n) is 10.8. The fraction of sp³-hybridized carbons (Fsp3) is 0.154. The lowest BCUT2D eigenvalue weighted by molar-refractivity contribution is 0.0951. The maximum absolute atomic E-state index is 12.8. The molecular formula is C26H26N4O3S. The van der Waals surface area contributed by atoms with E-state index in [4.69, 9.17) is 0 Å². The maximum Gasteiger partial charge on any atom is 0.262 e. The van der Waals surface area contributed by atoms with Crippen LogP contribution in [0.25, 0.3) is 0 Å². The van der Waals surface area contributed by atoms with Crippen LogP contribution >= 0.6 is 0 Å². The van der Waals surface area contributed by atoms with E-state index in [1.54, 1.807) is 55.8 Å². The lowest BCUT2D eigenvalue weighted by Gasteiger charge is -2.12. The molecule has 2 N–H and O–H groups in total. The van der Waals surface area contributed by atoms with Crippen molar-refractivity contribution in [2.24, 2.45) is 0 Å². The summed E-state index contributed by atoms with van der Waals surface area (Å²) in [5.41, 5.74) is 4.48. The maximum atomic E-state index is 12.8. The van der Waals surface area contributed by atoms with Gasteiger partial charge in [0.05, 0.1) is 11.2 Å². The molecular weight excluding hydrogens is 448 g/mol. The SMILES string of the molecule is Cc1ccc(C)c(S(=O)(=O)Nc2ccc(C(=O)NCc3cccc(Cn4ccnc4)c3)cc2)c1. The third-order valence-electron chi connectivity index (χ3n) is 5.40. The number of carbonyl (C=O) groups is 1. The van der Waals surface area contributed by atoms with E-state index in [0.29, 0.717) is 29.9 Å². The molecule has 3 aromatic carbocycles. The molecule has 0 spiro atoms. The number of amides is 1. The lowest BCUT2D eigenvalue weighted by atomic mass is 10.1. The van der Waals surface area contributed by atoms with Crippen LogP contribution in [0.15, 0.2) is 90.3 Å². The Morgan fingerprint density at radius 3 is 2.47 bits per heavy atom. The fourth-order valence-corrected chi connectivity index (χ4v) is 5.00. The second-order valence-corrected chi connectivity index (χ2v) is 9.84. The van der Waals surface area contributed by atoms with Gasteiger partial charge in [-0.15, -0.1) is 0 Å². The van der Waals surface area contributed by atoms with Crippen molar-refractivity contribution in [3.05, 3.63) is 113 Å². The second-order valence-electron chi connectivity index (χ2n) is 8.19. The number of hydrogen-bond acceptors (Lipinski definition) is 4. The molecule has 0 bridgehead atoms. The first-order chi connectivity index (χ1) is 16.3. The summed E-state index contributed by atoms with van der Waals surface area (Å²) in [6, 6.07) is 19.7. The number of anilines is 1. The molecule has 174 valence electrons. The van der Waals surface area contributed by atoms with Crippen LogP contribution in [0.2, 0.25) is 0 Å². The highest BCUT2D eigenvalue weighted by Crippen LogP contribution is 2.21. The third kappa shape index (κ3) is 5.71. The van der Waals surface area contributed by atoms with Gasteiger partial charge in [-0.05, 0) is 66.4 Å². The Morgan fingerprint density at radius 1 is 0.971 bits per heavy atom. The van der Waals surface area contributed by atoms with Crippen molar-refractivity contribution >= 4 is 21.6 Å². The molecule has 1 amide bonds. The summed E-state index contributed by atoms with van der Waals surface area (Å²) in [4.78, 5) is 16.9. The van der Waals surface area contributed by atoms with Gasteiger partial charge in [-0.1, -0.05) is 36.4 Å². The molecule has 0 atom stereocenters. The number of carbonyl (C=O) groups excluding carboxylic acids is 1. The Hall–Kier alpha value is -3.91. The Labute approximate surface area is 199 Å². The predicted molar refractivity (Wildman–Crippen MR) is 132 cm³/mol. The molecule has 0 saturated carbocycles. The first-order valence-corrected chi connectivity index (χ1v) is 12.3. The number of aromatic nitrogens is 2. The summed E-state index contributed by atoms with van der Waals surface area (Å²) in [6.07, 6.45) is 5.41. The van der Waals surface area contributed by atoms with E-state index in [1.165, 1.54) is 0 Å². The zero-order valence-corrected chi connectivity index (χ0v) is 19.8. The van der Waals surface area contributed by atoms with E-state index in [0.717, 1.165) is 16.7 Å². The average Bonchev–Trinajstić information content (AvgIpc) is 3.32. The predicted octanol–water partition coefficient (Wildman–Crippen LogP) is 4.28. The van der Waals surface area contributed by atoms with Crippen LogP contribution in [-0.4, -0.2) is 23.9 Å². The molecule has 1 heterocycles. The molecule has 8 heteroatoms. The highest BCUT2D eigenvalue weighted by atomic mass is 32.2. The highest BCUT2D eigenvalue weighted by Gasteiger charge is 2.17. The van der Waals surface area contributed by atoms with Crippen LogP contribution < -0.4 is 10.0 Å². The number of benzene rings is 3. The summed E-state index contributed by atoms with van der Waals surface area (Å²) in [7, 11) is -3.73. The Bertz CT molecular complexity index is 1400. The van der Waals surface area contributed by atoms with Gasteiger partial charge in [0.15, 0.2) is 0 Å². The number of aryl methyl sites for hydroxylation is 2. The number of imidazole rings is 1. The number of hydrogen-bond donors (Lipinski definition) is 2. The minimum atomic E-state index is -3.73. The van der Waals surface area contributed by atoms with Crippen LogP contribution in [0.5, 0.6) is 0 Å². The normalized spacial score (nSPS) is 11.2. The molecule has 1 aromatic heterocycles. The van der Waals surface area contributed by atoms with Crippen molar-refractivity contribution in [3.8, 4) is 0 Å². The number of sulfonamides is 1. The van der Waals surface area contributed by atoms with Gasteiger partial charge >= 0.3 is 0 Å². The van der Waals surface area contributed by atoms with Gasteiger partial charge in [0.25, 0.3) is 15.9 Å². The Kier molecular flexibility index (Phi) is 6.79. The zero-order chi connectivity index (χ0) is 24.1. The van der Waals surface area contributed by atoms with Gasteiger partial charge < -0.3 is 9.88 Å². The summed E-state index contributed by atoms with van der Waals surface area (Å²) in [6.45, 7) is 4.70. The fourth-order valence-electron chi connectivity index (χ4n) is 3.61. The third-order valence-corrected chi connectivity index (χ3v) is 6.92. The van der Waals surface area contributed by atoms with Crippen molar-refractivity contribution in [2.45, 2.75) is 31.8 Å². The zero-order valence-electron chi connectivity index (χ0n) is 19.0. The van der Waals surface area contributed by atoms with E-state index in [-0.39, 0.29) is 10.8 Å². The average molecular weight is 475 g/mol. The minimum absolute atomic E-state index is 0.232. The Morgan fingerprint density at radius 2 is 1.74 bits per heavy atom. The summed E-state index contributed by atoms with van der Waals surface area (Å²) in [5.74, 6) is -0.232. The number of rotatable bonds is 8. The Balaban J connectivity index is 1.37. The summed E-state index contributed by atoms with van der Waals surface area (Å²) in [5, 5.41) is 2.91. The van der Waals surface area contributed by atoms with Crippen LogP contribution in [0.3, 0.4) is 0 Å². The highest BCUT2D eigenvalue weighted by molar-refractivity contribution is 7.92. The number of nitrogens with zero attached hydrogens (tertiary/aromatic N) is 2. The minimum Gasteiger partial charge on any atom is -0.348 e. The van der Waals surface area contributed by atoms with Gasteiger partial charge in [0, 0.05) is 36.7 Å². The molecule has 0 aliphatic rings. The molecule has 0 fully saturated rings. The van der Waals surface area contributed by atoms with Crippen LogP contribution in [0.4, 0.5) is 5.69 Å². The van der Waals surface area contributed by atoms with Crippen molar-refractivity contribution in [3.63, 3.8) is 0 Å². The quantitative estimate of drug-likeness (QED) is 0.399. The molecule has 4 aromatic rings. The van der Waals surface area contributed by atoms with Gasteiger partial charge in [-0.2, -0.15) is 0 Å². The van der Waals surface area contributed by atoms with Crippen molar-refractivity contribution in [1.29, 1.82) is 0 Å². The van der Waals surface area contributed by atoms with Gasteiger partial charge in [-0.3, -0.25) is 9.52 Å².